The molecule has 0 saturated carbocycles. The van der Waals surface area contributed by atoms with Crippen molar-refractivity contribution in [1.82, 2.24) is 10.6 Å². The molecule has 0 saturated heterocycles. The Morgan fingerprint density at radius 2 is 1.96 bits per heavy atom. The molecule has 134 valence electrons. The molecular weight excluding hydrogens is 323 g/mol. The molecule has 0 spiro atoms. The highest BCUT2D eigenvalue weighted by Crippen LogP contribution is 2.29. The first kappa shape index (κ1) is 18.6. The second-order valence-electron chi connectivity index (χ2n) is 5.61. The molecule has 2 aromatic carbocycles. The van der Waals surface area contributed by atoms with Crippen LogP contribution in [-0.4, -0.2) is 26.8 Å². The van der Waals surface area contributed by atoms with Crippen molar-refractivity contribution < 1.29 is 18.7 Å². The average Bonchev–Trinajstić information content (AvgIpc) is 2.61. The summed E-state index contributed by atoms with van der Waals surface area (Å²) in [5.41, 5.74) is 1.66. The lowest BCUT2D eigenvalue weighted by Gasteiger charge is -2.18. The van der Waals surface area contributed by atoms with Crippen molar-refractivity contribution in [3.8, 4) is 11.5 Å². The summed E-state index contributed by atoms with van der Waals surface area (Å²) in [5.74, 6) is 1.09. The number of methoxy groups -OCH3 is 2. The molecule has 0 aliphatic carbocycles. The first-order valence-corrected chi connectivity index (χ1v) is 8.04. The zero-order chi connectivity index (χ0) is 18.2. The van der Waals surface area contributed by atoms with E-state index in [2.05, 4.69) is 10.6 Å². The Kier molecular flexibility index (Phi) is 6.62. The summed E-state index contributed by atoms with van der Waals surface area (Å²) < 4.78 is 23.7. The molecule has 0 bridgehead atoms. The highest BCUT2D eigenvalue weighted by Gasteiger charge is 2.15. The third-order valence-corrected chi connectivity index (χ3v) is 3.84. The predicted octanol–water partition coefficient (Wildman–Crippen LogP) is 3.45. The second-order valence-corrected chi connectivity index (χ2v) is 5.61. The van der Waals surface area contributed by atoms with Crippen LogP contribution in [0.25, 0.3) is 0 Å². The van der Waals surface area contributed by atoms with Gasteiger partial charge in [-0.2, -0.15) is 0 Å². The van der Waals surface area contributed by atoms with E-state index in [4.69, 9.17) is 9.47 Å². The normalized spacial score (nSPS) is 11.5. The SMILES string of the molecule is COc1ccc(OC)c(C(C)NC(=O)NCCc2cccc(F)c2)c1. The van der Waals surface area contributed by atoms with E-state index in [1.165, 1.54) is 12.1 Å². The minimum atomic E-state index is -0.297. The van der Waals surface area contributed by atoms with Gasteiger partial charge < -0.3 is 20.1 Å². The van der Waals surface area contributed by atoms with Gasteiger partial charge in [-0.25, -0.2) is 9.18 Å². The highest BCUT2D eigenvalue weighted by molar-refractivity contribution is 5.74. The minimum absolute atomic E-state index is 0.265. The fourth-order valence-electron chi connectivity index (χ4n) is 2.52. The van der Waals surface area contributed by atoms with Gasteiger partial charge in [-0.05, 0) is 49.2 Å². The van der Waals surface area contributed by atoms with Crippen LogP contribution in [0.3, 0.4) is 0 Å². The number of rotatable bonds is 7. The summed E-state index contributed by atoms with van der Waals surface area (Å²) in [6.45, 7) is 2.28. The molecule has 6 heteroatoms. The Hall–Kier alpha value is -2.76. The molecule has 2 N–H and O–H groups in total. The topological polar surface area (TPSA) is 59.6 Å². The zero-order valence-corrected chi connectivity index (χ0v) is 14.6. The van der Waals surface area contributed by atoms with E-state index < -0.39 is 0 Å². The Bertz CT molecular complexity index is 722. The van der Waals surface area contributed by atoms with Gasteiger partial charge in [-0.3, -0.25) is 0 Å². The van der Waals surface area contributed by atoms with E-state index in [1.807, 2.05) is 19.1 Å². The summed E-state index contributed by atoms with van der Waals surface area (Å²) in [5, 5.41) is 5.63. The largest absolute Gasteiger partial charge is 0.497 e. The predicted molar refractivity (Wildman–Crippen MR) is 94.6 cm³/mol. The Labute approximate surface area is 147 Å². The summed E-state index contributed by atoms with van der Waals surface area (Å²) >= 11 is 0. The van der Waals surface area contributed by atoms with E-state index in [0.29, 0.717) is 24.5 Å². The summed E-state index contributed by atoms with van der Waals surface area (Å²) in [6.07, 6.45) is 0.558. The van der Waals surface area contributed by atoms with Gasteiger partial charge >= 0.3 is 6.03 Å². The average molecular weight is 346 g/mol. The molecule has 1 atom stereocenters. The molecule has 0 aliphatic rings. The summed E-state index contributed by atoms with van der Waals surface area (Å²) in [7, 11) is 3.17. The molecule has 2 rings (SSSR count). The molecule has 0 radical (unpaired) electrons. The minimum Gasteiger partial charge on any atom is -0.497 e. The monoisotopic (exact) mass is 346 g/mol. The van der Waals surface area contributed by atoms with Crippen LogP contribution in [-0.2, 0) is 6.42 Å². The van der Waals surface area contributed by atoms with Crippen molar-refractivity contribution in [2.45, 2.75) is 19.4 Å². The smallest absolute Gasteiger partial charge is 0.315 e. The van der Waals surface area contributed by atoms with Crippen molar-refractivity contribution in [2.24, 2.45) is 0 Å². The van der Waals surface area contributed by atoms with Crippen LogP contribution < -0.4 is 20.1 Å². The number of urea groups is 1. The van der Waals surface area contributed by atoms with Crippen LogP contribution >= 0.6 is 0 Å². The molecular formula is C19H23FN2O3. The van der Waals surface area contributed by atoms with Gasteiger partial charge in [0.05, 0.1) is 20.3 Å². The number of amides is 2. The van der Waals surface area contributed by atoms with Crippen LogP contribution in [0.1, 0.15) is 24.1 Å². The van der Waals surface area contributed by atoms with Gasteiger partial charge in [-0.1, -0.05) is 12.1 Å². The van der Waals surface area contributed by atoms with E-state index in [0.717, 1.165) is 11.1 Å². The third-order valence-electron chi connectivity index (χ3n) is 3.84. The van der Waals surface area contributed by atoms with E-state index in [-0.39, 0.29) is 17.9 Å². The number of carbonyl (C=O) groups excluding carboxylic acids is 1. The van der Waals surface area contributed by atoms with Crippen LogP contribution in [0.15, 0.2) is 42.5 Å². The summed E-state index contributed by atoms with van der Waals surface area (Å²) in [6, 6.07) is 11.2. The first-order chi connectivity index (χ1) is 12.0. The van der Waals surface area contributed by atoms with Crippen molar-refractivity contribution in [3.63, 3.8) is 0 Å². The third kappa shape index (κ3) is 5.38. The van der Waals surface area contributed by atoms with Gasteiger partial charge in [0.15, 0.2) is 0 Å². The van der Waals surface area contributed by atoms with E-state index >= 15 is 0 Å². The van der Waals surface area contributed by atoms with Crippen LogP contribution in [0.5, 0.6) is 11.5 Å². The lowest BCUT2D eigenvalue weighted by Crippen LogP contribution is -2.38. The van der Waals surface area contributed by atoms with Crippen molar-refractivity contribution in [2.75, 3.05) is 20.8 Å². The fraction of sp³-hybridized carbons (Fsp3) is 0.316. The van der Waals surface area contributed by atoms with Crippen LogP contribution in [0.4, 0.5) is 9.18 Å². The Balaban J connectivity index is 1.89. The second kappa shape index (κ2) is 8.92. The Morgan fingerprint density at radius 3 is 2.64 bits per heavy atom. The molecule has 25 heavy (non-hydrogen) atoms. The van der Waals surface area contributed by atoms with Crippen LogP contribution in [0, 0.1) is 5.82 Å². The van der Waals surface area contributed by atoms with Gasteiger partial charge in [0.25, 0.3) is 0 Å². The van der Waals surface area contributed by atoms with Crippen molar-refractivity contribution >= 4 is 6.03 Å². The zero-order valence-electron chi connectivity index (χ0n) is 14.6. The number of hydrogen-bond donors (Lipinski definition) is 2. The van der Waals surface area contributed by atoms with Gasteiger partial charge in [0, 0.05) is 12.1 Å². The molecule has 2 aromatic rings. The standard InChI is InChI=1S/C19H23FN2O3/c1-13(17-12-16(24-2)7-8-18(17)25-3)22-19(23)21-10-9-14-5-4-6-15(20)11-14/h4-8,11-13H,9-10H2,1-3H3,(H2,21,22,23). The number of nitrogens with one attached hydrogen (secondary N) is 2. The lowest BCUT2D eigenvalue weighted by molar-refractivity contribution is 0.238. The maximum Gasteiger partial charge on any atom is 0.315 e. The number of halogens is 1. The first-order valence-electron chi connectivity index (χ1n) is 8.04. The number of ether oxygens (including phenoxy) is 2. The van der Waals surface area contributed by atoms with Crippen molar-refractivity contribution in [1.29, 1.82) is 0 Å². The number of carbonyl (C=O) groups is 1. The Morgan fingerprint density at radius 1 is 1.16 bits per heavy atom. The quantitative estimate of drug-likeness (QED) is 0.807. The molecule has 5 nitrogen and oxygen atoms in total. The molecule has 2 amide bonds. The molecule has 0 aromatic heterocycles. The molecule has 1 unspecified atom stereocenters. The lowest BCUT2D eigenvalue weighted by atomic mass is 10.1. The van der Waals surface area contributed by atoms with Gasteiger partial charge in [0.1, 0.15) is 17.3 Å². The van der Waals surface area contributed by atoms with Gasteiger partial charge in [0.2, 0.25) is 0 Å². The molecule has 0 aliphatic heterocycles. The van der Waals surface area contributed by atoms with E-state index in [1.54, 1.807) is 32.4 Å². The van der Waals surface area contributed by atoms with Gasteiger partial charge in [-0.15, -0.1) is 0 Å². The maximum atomic E-state index is 13.1. The number of hydrogen-bond acceptors (Lipinski definition) is 3. The molecule has 0 fully saturated rings. The maximum absolute atomic E-state index is 13.1. The highest BCUT2D eigenvalue weighted by atomic mass is 19.1. The van der Waals surface area contributed by atoms with Crippen LogP contribution in [0.2, 0.25) is 0 Å². The van der Waals surface area contributed by atoms with Crippen molar-refractivity contribution in [3.05, 3.63) is 59.4 Å². The number of benzene rings is 2. The summed E-state index contributed by atoms with van der Waals surface area (Å²) in [4.78, 5) is 12.1. The molecule has 0 heterocycles. The van der Waals surface area contributed by atoms with E-state index in [9.17, 15) is 9.18 Å². The fourth-order valence-corrected chi connectivity index (χ4v) is 2.52.